The number of aromatic nitrogens is 6. The molecule has 3 saturated heterocycles. The van der Waals surface area contributed by atoms with Gasteiger partial charge in [0.2, 0.25) is 0 Å². The third kappa shape index (κ3) is 13.5. The molecule has 0 bridgehead atoms. The minimum absolute atomic E-state index is 0.0839. The third-order valence-electron chi connectivity index (χ3n) is 13.0. The fraction of sp³-hybridized carbons (Fsp3) is 0.377. The zero-order valence-corrected chi connectivity index (χ0v) is 43.0. The van der Waals surface area contributed by atoms with Crippen LogP contribution in [0.15, 0.2) is 142 Å². The molecule has 3 aromatic heterocycles. The molecule has 6 heterocycles. The second kappa shape index (κ2) is 27.1. The molecule has 3 amide bonds. The van der Waals surface area contributed by atoms with Crippen molar-refractivity contribution < 1.29 is 63.2 Å². The molecule has 0 unspecified atom stereocenters. The zero-order valence-electron chi connectivity index (χ0n) is 43.0. The molecule has 78 heavy (non-hydrogen) atoms. The Morgan fingerprint density at radius 3 is 1.12 bits per heavy atom. The Kier molecular flexibility index (Phi) is 20.1. The van der Waals surface area contributed by atoms with E-state index in [0.29, 0.717) is 23.1 Å². The van der Waals surface area contributed by atoms with E-state index in [1.807, 2.05) is 26.0 Å². The predicted octanol–water partition coefficient (Wildman–Crippen LogP) is 1.98. The molecular weight excluding hydrogens is 1020 g/mol. The lowest BCUT2D eigenvalue weighted by atomic mass is 10.0. The number of carbonyl (C=O) groups excluding carboxylic acids is 3. The molecule has 0 spiro atoms. The molecule has 3 aliphatic heterocycles. The number of carbonyl (C=O) groups is 3. The van der Waals surface area contributed by atoms with Crippen LogP contribution in [0.1, 0.15) is 70.0 Å². The Balaban J connectivity index is 0.000000170. The molecule has 25 heteroatoms. The van der Waals surface area contributed by atoms with Crippen LogP contribution in [0.3, 0.4) is 0 Å². The maximum Gasteiger partial charge on any atom is 0.351 e. The number of amides is 3. The van der Waals surface area contributed by atoms with Gasteiger partial charge < -0.3 is 64.8 Å². The van der Waals surface area contributed by atoms with Crippen molar-refractivity contribution in [3.05, 3.63) is 176 Å². The van der Waals surface area contributed by atoms with Crippen LogP contribution in [0, 0.1) is 5.92 Å². The average Bonchev–Trinajstić information content (AvgIpc) is 4.09. The van der Waals surface area contributed by atoms with E-state index in [4.69, 9.17) is 28.4 Å². The fourth-order valence-corrected chi connectivity index (χ4v) is 8.86. The van der Waals surface area contributed by atoms with Crippen molar-refractivity contribution in [1.82, 2.24) is 28.7 Å². The third-order valence-corrected chi connectivity index (χ3v) is 13.0. The van der Waals surface area contributed by atoms with Gasteiger partial charge in [-0.15, -0.1) is 0 Å². The first-order valence-corrected chi connectivity index (χ1v) is 24.6. The molecule has 3 aliphatic rings. The van der Waals surface area contributed by atoms with Crippen LogP contribution in [0.2, 0.25) is 0 Å². The van der Waals surface area contributed by atoms with E-state index in [9.17, 15) is 49.2 Å². The second-order valence-corrected chi connectivity index (χ2v) is 17.9. The summed E-state index contributed by atoms with van der Waals surface area (Å²) in [5.41, 5.74) is -0.497. The van der Waals surface area contributed by atoms with Crippen molar-refractivity contribution >= 4 is 35.2 Å². The number of hydrogen-bond acceptors (Lipinski definition) is 19. The van der Waals surface area contributed by atoms with E-state index in [-0.39, 0.29) is 41.8 Å². The average molecular weight is 1080 g/mol. The summed E-state index contributed by atoms with van der Waals surface area (Å²) in [5.74, 6) is -0.804. The number of nitrogens with one attached hydrogen (secondary N) is 3. The van der Waals surface area contributed by atoms with Gasteiger partial charge >= 0.3 is 17.1 Å². The first kappa shape index (κ1) is 58.0. The molecule has 25 nitrogen and oxygen atoms in total. The lowest BCUT2D eigenvalue weighted by molar-refractivity contribution is -0.0624. The number of rotatable bonds is 15. The van der Waals surface area contributed by atoms with Crippen LogP contribution in [-0.4, -0.2) is 150 Å². The zero-order chi connectivity index (χ0) is 56.0. The van der Waals surface area contributed by atoms with Crippen LogP contribution in [0.4, 0.5) is 17.5 Å². The maximum absolute atomic E-state index is 12.4. The number of anilines is 3. The highest BCUT2D eigenvalue weighted by atomic mass is 16.6. The lowest BCUT2D eigenvalue weighted by Crippen LogP contribution is -2.37. The molecule has 0 radical (unpaired) electrons. The largest absolute Gasteiger partial charge is 0.394 e. The topological polar surface area (TPSA) is 328 Å². The Hall–Kier alpha value is -7.69. The standard InChI is InChI=1S/2C18H21N3O5.C17H19N3O6/c1-11-13(10-22)26-17(15(11)25-2)21-9-8-14(20-18(21)24)19-16(23)12-6-4-3-5-7-12;1-3-12-14(22)15(25-2)17(26-12)21-10-9-13(20-18(21)24)19-16(23)11-7-5-4-6-8-11;1-25-14-13(22)11(9-21)26-16(14)20-8-7-12(19-17(20)24)18-15(23)10-5-3-2-4-6-10/h3-9,11,13,15,17,22H,10H2,1-2H3,(H,19,20,23,24);4-10,12,14-15,17,22H,3H2,1-2H3,(H,19,20,23,24);2-8,11,13-14,16,21-22H,9H2,1H3,(H,18,19,23,24)/t11-,13-,15-,17-;12-,14-,15-,17-;11-,13-,14-,16-/m111/s1. The van der Waals surface area contributed by atoms with Crippen molar-refractivity contribution in [1.29, 1.82) is 0 Å². The van der Waals surface area contributed by atoms with Gasteiger partial charge in [0.15, 0.2) is 18.7 Å². The predicted molar refractivity (Wildman–Crippen MR) is 278 cm³/mol. The Labute approximate surface area is 446 Å². The van der Waals surface area contributed by atoms with E-state index < -0.39 is 97.1 Å². The van der Waals surface area contributed by atoms with Crippen molar-refractivity contribution in [3.63, 3.8) is 0 Å². The number of benzene rings is 3. The number of hydrogen-bond donors (Lipinski definition) is 7. The van der Waals surface area contributed by atoms with Crippen LogP contribution >= 0.6 is 0 Å². The lowest BCUT2D eigenvalue weighted by Gasteiger charge is -2.21. The van der Waals surface area contributed by atoms with Crippen LogP contribution in [0.5, 0.6) is 0 Å². The molecule has 12 atom stereocenters. The van der Waals surface area contributed by atoms with Gasteiger partial charge in [-0.25, -0.2) is 14.4 Å². The molecule has 0 saturated carbocycles. The van der Waals surface area contributed by atoms with Gasteiger partial charge in [-0.05, 0) is 61.0 Å². The van der Waals surface area contributed by atoms with Gasteiger partial charge in [0, 0.05) is 62.5 Å². The van der Waals surface area contributed by atoms with E-state index in [1.165, 1.54) is 67.3 Å². The first-order valence-electron chi connectivity index (χ1n) is 24.6. The summed E-state index contributed by atoms with van der Waals surface area (Å²) in [6.45, 7) is 3.20. The van der Waals surface area contributed by atoms with Crippen LogP contribution in [0.25, 0.3) is 0 Å². The number of nitrogens with zero attached hydrogens (tertiary/aromatic N) is 6. The number of aliphatic hydroxyl groups excluding tert-OH is 4. The highest BCUT2D eigenvalue weighted by molar-refractivity contribution is 6.04. The Bertz CT molecular complexity index is 2800. The summed E-state index contributed by atoms with van der Waals surface area (Å²) in [4.78, 5) is 85.2. The highest BCUT2D eigenvalue weighted by Gasteiger charge is 2.46. The van der Waals surface area contributed by atoms with Crippen molar-refractivity contribution in [2.24, 2.45) is 5.92 Å². The number of aliphatic hydroxyl groups is 4. The summed E-state index contributed by atoms with van der Waals surface area (Å²) in [6.07, 6.45) is -3.00. The van der Waals surface area contributed by atoms with Crippen LogP contribution in [-0.2, 0) is 28.4 Å². The Morgan fingerprint density at radius 1 is 0.500 bits per heavy atom. The minimum Gasteiger partial charge on any atom is -0.394 e. The summed E-state index contributed by atoms with van der Waals surface area (Å²) < 4.78 is 36.6. The monoisotopic (exact) mass is 1080 g/mol. The molecule has 414 valence electrons. The molecule has 3 fully saturated rings. The fourth-order valence-electron chi connectivity index (χ4n) is 8.86. The second-order valence-electron chi connectivity index (χ2n) is 17.9. The minimum atomic E-state index is -1.08. The van der Waals surface area contributed by atoms with Gasteiger partial charge in [0.25, 0.3) is 17.7 Å². The molecule has 9 rings (SSSR count). The van der Waals surface area contributed by atoms with Gasteiger partial charge in [-0.2, -0.15) is 15.0 Å². The smallest absolute Gasteiger partial charge is 0.351 e. The molecule has 6 aromatic rings. The summed E-state index contributed by atoms with van der Waals surface area (Å²) in [5, 5.41) is 46.7. The summed E-state index contributed by atoms with van der Waals surface area (Å²) >= 11 is 0. The summed E-state index contributed by atoms with van der Waals surface area (Å²) in [7, 11) is 4.36. The number of ether oxygens (including phenoxy) is 6. The van der Waals surface area contributed by atoms with Crippen molar-refractivity contribution in [3.8, 4) is 0 Å². The van der Waals surface area contributed by atoms with Crippen LogP contribution < -0.4 is 33.0 Å². The molecule has 3 aromatic carbocycles. The Morgan fingerprint density at radius 2 is 0.808 bits per heavy atom. The highest BCUT2D eigenvalue weighted by Crippen LogP contribution is 2.35. The van der Waals surface area contributed by atoms with E-state index in [1.54, 1.807) is 78.9 Å². The molecule has 7 N–H and O–H groups in total. The van der Waals surface area contributed by atoms with Gasteiger partial charge in [-0.3, -0.25) is 28.1 Å². The molecular formula is C53H61N9O16. The van der Waals surface area contributed by atoms with E-state index in [2.05, 4.69) is 30.9 Å². The van der Waals surface area contributed by atoms with E-state index >= 15 is 0 Å². The number of methoxy groups -OCH3 is 3. The van der Waals surface area contributed by atoms with Crippen molar-refractivity contribution in [2.75, 3.05) is 50.5 Å². The maximum atomic E-state index is 12.4. The van der Waals surface area contributed by atoms with E-state index in [0.717, 1.165) is 4.57 Å². The van der Waals surface area contributed by atoms with Gasteiger partial charge in [-0.1, -0.05) is 68.4 Å². The van der Waals surface area contributed by atoms with Gasteiger partial charge in [0.05, 0.1) is 25.4 Å². The normalized spacial score (nSPS) is 25.2. The van der Waals surface area contributed by atoms with Gasteiger partial charge in [0.1, 0.15) is 54.1 Å². The quantitative estimate of drug-likeness (QED) is 0.0773. The first-order chi connectivity index (χ1) is 37.6. The van der Waals surface area contributed by atoms with Crippen molar-refractivity contribution in [2.45, 2.75) is 87.8 Å². The summed E-state index contributed by atoms with van der Waals surface area (Å²) in [6, 6.07) is 30.3. The SMILES string of the molecule is CC[C@H]1O[C@@H](n2ccc(NC(=O)c3ccccc3)nc2=O)[C@H](OC)[C@@H]1O.CO[C@@H]1[C@H](C)[C@@H](CO)O[C@H]1n1ccc(NC(=O)c2ccccc2)nc1=O.CO[C@@H]1[C@H](O)[C@@H](CO)O[C@H]1n1ccc(NC(=O)c2ccccc2)nc1=O. The molecule has 0 aliphatic carbocycles.